The van der Waals surface area contributed by atoms with Gasteiger partial charge in [0.2, 0.25) is 0 Å². The van der Waals surface area contributed by atoms with E-state index < -0.39 is 0 Å². The maximum Gasteiger partial charge on any atom is 0.293 e. The molecule has 0 spiro atoms. The van der Waals surface area contributed by atoms with Gasteiger partial charge < -0.3 is 9.47 Å². The average Bonchev–Trinajstić information content (AvgIpc) is 2.89. The lowest BCUT2D eigenvalue weighted by Gasteiger charge is -2.21. The predicted octanol–water partition coefficient (Wildman–Crippen LogP) is 9.44. The fourth-order valence-electron chi connectivity index (χ4n) is 4.54. The van der Waals surface area contributed by atoms with Crippen molar-refractivity contribution in [2.45, 2.75) is 136 Å². The SMILES string of the molecule is CCC/C=C/C/C=C(/CCCCCCCOC=O)C(CC/C=C/CCC)CCCCCCCOC=O. The van der Waals surface area contributed by atoms with Gasteiger partial charge in [0.25, 0.3) is 12.9 Å². The van der Waals surface area contributed by atoms with Gasteiger partial charge in [-0.2, -0.15) is 0 Å². The summed E-state index contributed by atoms with van der Waals surface area (Å²) in [5.74, 6) is 0.676. The van der Waals surface area contributed by atoms with Crippen LogP contribution in [0.25, 0.3) is 0 Å². The Labute approximate surface area is 223 Å². The first-order valence-corrected chi connectivity index (χ1v) is 14.9. The zero-order valence-electron chi connectivity index (χ0n) is 23.6. The number of carbonyl (C=O) groups is 2. The van der Waals surface area contributed by atoms with Gasteiger partial charge in [-0.15, -0.1) is 0 Å². The van der Waals surface area contributed by atoms with E-state index in [9.17, 15) is 9.59 Å². The van der Waals surface area contributed by atoms with Gasteiger partial charge in [0.15, 0.2) is 0 Å². The minimum Gasteiger partial charge on any atom is -0.468 e. The molecule has 0 aromatic heterocycles. The molecule has 4 heteroatoms. The van der Waals surface area contributed by atoms with Gasteiger partial charge in [0, 0.05) is 0 Å². The first-order chi connectivity index (χ1) is 17.8. The van der Waals surface area contributed by atoms with Gasteiger partial charge in [0.05, 0.1) is 13.2 Å². The molecule has 0 radical (unpaired) electrons. The molecule has 0 aliphatic rings. The molecule has 0 aliphatic carbocycles. The number of carbonyl (C=O) groups excluding carboxylic acids is 2. The largest absolute Gasteiger partial charge is 0.468 e. The van der Waals surface area contributed by atoms with Crippen LogP contribution in [-0.2, 0) is 19.1 Å². The molecule has 1 atom stereocenters. The zero-order valence-corrected chi connectivity index (χ0v) is 23.6. The predicted molar refractivity (Wildman–Crippen MR) is 153 cm³/mol. The second kappa shape index (κ2) is 29.4. The molecule has 4 nitrogen and oxygen atoms in total. The molecular formula is C32H56O4. The Balaban J connectivity index is 4.85. The summed E-state index contributed by atoms with van der Waals surface area (Å²) in [4.78, 5) is 20.5. The van der Waals surface area contributed by atoms with E-state index in [4.69, 9.17) is 9.47 Å². The third-order valence-corrected chi connectivity index (χ3v) is 6.64. The highest BCUT2D eigenvalue weighted by molar-refractivity contribution is 5.36. The molecule has 0 bridgehead atoms. The maximum atomic E-state index is 10.3. The number of allylic oxidation sites excluding steroid dienone is 6. The Morgan fingerprint density at radius 2 is 1.14 bits per heavy atom. The van der Waals surface area contributed by atoms with Crippen LogP contribution < -0.4 is 0 Å². The number of unbranched alkanes of at least 4 members (excludes halogenated alkanes) is 10. The summed E-state index contributed by atoms with van der Waals surface area (Å²) in [5.41, 5.74) is 1.67. The highest BCUT2D eigenvalue weighted by Crippen LogP contribution is 2.29. The fourth-order valence-corrected chi connectivity index (χ4v) is 4.54. The second-order valence-electron chi connectivity index (χ2n) is 9.82. The van der Waals surface area contributed by atoms with Crippen molar-refractivity contribution in [3.63, 3.8) is 0 Å². The molecule has 0 saturated heterocycles. The van der Waals surface area contributed by atoms with Crippen molar-refractivity contribution in [3.8, 4) is 0 Å². The maximum absolute atomic E-state index is 10.3. The van der Waals surface area contributed by atoms with Crippen LogP contribution in [-0.4, -0.2) is 26.2 Å². The van der Waals surface area contributed by atoms with Crippen LogP contribution in [0.4, 0.5) is 0 Å². The van der Waals surface area contributed by atoms with Crippen molar-refractivity contribution in [3.05, 3.63) is 36.0 Å². The molecule has 0 rings (SSSR count). The molecule has 0 heterocycles. The molecule has 0 fully saturated rings. The third-order valence-electron chi connectivity index (χ3n) is 6.64. The van der Waals surface area contributed by atoms with E-state index >= 15 is 0 Å². The van der Waals surface area contributed by atoms with Gasteiger partial charge in [-0.3, -0.25) is 9.59 Å². The highest BCUT2D eigenvalue weighted by atomic mass is 16.5. The Kier molecular flexibility index (Phi) is 27.9. The second-order valence-corrected chi connectivity index (χ2v) is 9.82. The lowest BCUT2D eigenvalue weighted by molar-refractivity contribution is -0.129. The molecule has 1 unspecified atom stereocenters. The van der Waals surface area contributed by atoms with E-state index in [1.807, 2.05) is 0 Å². The number of ether oxygens (including phenoxy) is 2. The van der Waals surface area contributed by atoms with E-state index in [1.165, 1.54) is 89.9 Å². The van der Waals surface area contributed by atoms with Crippen molar-refractivity contribution >= 4 is 12.9 Å². The zero-order chi connectivity index (χ0) is 26.4. The Hall–Kier alpha value is -1.84. The molecule has 208 valence electrons. The minimum atomic E-state index is 0.547. The van der Waals surface area contributed by atoms with Gasteiger partial charge in [-0.05, 0) is 70.1 Å². The summed E-state index contributed by atoms with van der Waals surface area (Å²) in [5, 5.41) is 0. The topological polar surface area (TPSA) is 52.6 Å². The molecule has 0 aliphatic heterocycles. The van der Waals surface area contributed by atoms with Crippen LogP contribution in [0.1, 0.15) is 136 Å². The highest BCUT2D eigenvalue weighted by Gasteiger charge is 2.13. The Morgan fingerprint density at radius 1 is 0.611 bits per heavy atom. The van der Waals surface area contributed by atoms with Crippen LogP contribution in [0, 0.1) is 5.92 Å². The summed E-state index contributed by atoms with van der Waals surface area (Å²) in [6, 6.07) is 0. The lowest BCUT2D eigenvalue weighted by atomic mass is 9.85. The third kappa shape index (κ3) is 23.9. The first-order valence-electron chi connectivity index (χ1n) is 14.9. The lowest BCUT2D eigenvalue weighted by Crippen LogP contribution is -2.06. The molecule has 0 N–H and O–H groups in total. The summed E-state index contributed by atoms with van der Waals surface area (Å²) in [6.45, 7) is 6.67. The number of hydrogen-bond donors (Lipinski definition) is 0. The van der Waals surface area contributed by atoms with Crippen molar-refractivity contribution in [1.29, 1.82) is 0 Å². The van der Waals surface area contributed by atoms with E-state index in [0.717, 1.165) is 32.1 Å². The quantitative estimate of drug-likeness (QED) is 0.0605. The molecule has 0 aromatic rings. The van der Waals surface area contributed by atoms with Gasteiger partial charge >= 0.3 is 0 Å². The first kappa shape index (κ1) is 34.2. The fraction of sp³-hybridized carbons (Fsp3) is 0.750. The Bertz CT molecular complexity index is 565. The molecule has 0 saturated carbocycles. The molecular weight excluding hydrogens is 448 g/mol. The van der Waals surface area contributed by atoms with Gasteiger partial charge in [-0.1, -0.05) is 108 Å². The smallest absolute Gasteiger partial charge is 0.293 e. The van der Waals surface area contributed by atoms with Crippen LogP contribution in [0.15, 0.2) is 36.0 Å². The average molecular weight is 505 g/mol. The van der Waals surface area contributed by atoms with Crippen LogP contribution in [0.2, 0.25) is 0 Å². The van der Waals surface area contributed by atoms with Crippen molar-refractivity contribution in [1.82, 2.24) is 0 Å². The molecule has 0 aromatic carbocycles. The number of hydrogen-bond acceptors (Lipinski definition) is 4. The number of rotatable bonds is 28. The van der Waals surface area contributed by atoms with Crippen molar-refractivity contribution in [2.24, 2.45) is 5.92 Å². The van der Waals surface area contributed by atoms with Crippen LogP contribution >= 0.6 is 0 Å². The standard InChI is InChI=1S/C32H56O4/c1-3-5-7-11-17-23-31(25-19-13-9-15-21-27-35-29-33)32(24-18-12-8-6-4-2)26-20-14-10-16-22-28-36-30-34/h7-8,11-12,23,29-30,32H,3-6,9-10,13-22,24-28H2,1-2H3/b11-7+,12-8+,31-23-. The van der Waals surface area contributed by atoms with Crippen molar-refractivity contribution < 1.29 is 19.1 Å². The summed E-state index contributed by atoms with van der Waals surface area (Å²) < 4.78 is 9.60. The Morgan fingerprint density at radius 3 is 1.75 bits per heavy atom. The van der Waals surface area contributed by atoms with E-state index in [2.05, 4.69) is 44.2 Å². The summed E-state index contributed by atoms with van der Waals surface area (Å²) >= 11 is 0. The normalized spacial score (nSPS) is 12.9. The van der Waals surface area contributed by atoms with E-state index in [0.29, 0.717) is 32.1 Å². The van der Waals surface area contributed by atoms with Crippen LogP contribution in [0.5, 0.6) is 0 Å². The minimum absolute atomic E-state index is 0.547. The monoisotopic (exact) mass is 504 g/mol. The molecule has 36 heavy (non-hydrogen) atoms. The van der Waals surface area contributed by atoms with E-state index in [-0.39, 0.29) is 0 Å². The van der Waals surface area contributed by atoms with Crippen molar-refractivity contribution in [2.75, 3.05) is 13.2 Å². The molecule has 0 amide bonds. The summed E-state index contributed by atoms with van der Waals surface area (Å²) in [7, 11) is 0. The van der Waals surface area contributed by atoms with Crippen LogP contribution in [0.3, 0.4) is 0 Å². The summed E-state index contributed by atoms with van der Waals surface area (Å²) in [6.07, 6.45) is 34.4. The van der Waals surface area contributed by atoms with E-state index in [1.54, 1.807) is 5.57 Å². The van der Waals surface area contributed by atoms with Gasteiger partial charge in [-0.25, -0.2) is 0 Å². The van der Waals surface area contributed by atoms with Gasteiger partial charge in [0.1, 0.15) is 0 Å².